The fourth-order valence-corrected chi connectivity index (χ4v) is 4.61. The van der Waals surface area contributed by atoms with Gasteiger partial charge in [0.15, 0.2) is 0 Å². The van der Waals surface area contributed by atoms with Crippen LogP contribution in [-0.2, 0) is 10.0 Å². The number of phenols is 1. The molecular weight excluding hydrogens is 544 g/mol. The standard InChI is InChI=1S/C28H36N2O7S.ClH/c1-19(29-17-22(31)18-37-25-13-14-28(32)27(16-25)30-38(4,33)34)15-26(20-5-9-23(35-2)10-6-20)21-7-11-24(36-3)12-8-21;/h5-14,16,19,22,26,29-32H,15,17-18H2,1-4H3;1H/t19?,22-;/m0./s1. The number of nitrogens with one attached hydrogen (secondary N) is 2. The number of aliphatic hydroxyl groups is 1. The predicted octanol–water partition coefficient (Wildman–Crippen LogP) is 4.14. The van der Waals surface area contributed by atoms with Gasteiger partial charge in [-0.1, -0.05) is 24.3 Å². The van der Waals surface area contributed by atoms with Crippen LogP contribution in [0.1, 0.15) is 30.4 Å². The maximum atomic E-state index is 11.5. The zero-order chi connectivity index (χ0) is 27.7. The number of halogens is 1. The number of anilines is 1. The quantitative estimate of drug-likeness (QED) is 0.210. The molecule has 4 N–H and O–H groups in total. The molecule has 0 radical (unpaired) electrons. The Balaban J connectivity index is 0.00000533. The third-order valence-electron chi connectivity index (χ3n) is 6.03. The molecule has 0 aliphatic carbocycles. The highest BCUT2D eigenvalue weighted by molar-refractivity contribution is 7.92. The van der Waals surface area contributed by atoms with Crippen LogP contribution in [0.2, 0.25) is 0 Å². The lowest BCUT2D eigenvalue weighted by molar-refractivity contribution is 0.103. The first-order valence-electron chi connectivity index (χ1n) is 12.2. The fraction of sp³-hybridized carbons (Fsp3) is 0.357. The van der Waals surface area contributed by atoms with E-state index in [1.165, 1.54) is 18.2 Å². The van der Waals surface area contributed by atoms with Crippen molar-refractivity contribution < 1.29 is 32.8 Å². The van der Waals surface area contributed by atoms with Crippen LogP contribution in [0.4, 0.5) is 5.69 Å². The minimum atomic E-state index is -3.56. The zero-order valence-corrected chi connectivity index (χ0v) is 24.1. The van der Waals surface area contributed by atoms with Crippen molar-refractivity contribution in [1.82, 2.24) is 5.32 Å². The SMILES string of the molecule is COc1ccc(C(CC(C)NC[C@H](O)COc2ccc(O)c(NS(C)(=O)=O)c2)c2ccc(OC)cc2)cc1.Cl. The average Bonchev–Trinajstić information content (AvgIpc) is 2.90. The summed E-state index contributed by atoms with van der Waals surface area (Å²) in [6.07, 6.45) is 0.966. The van der Waals surface area contributed by atoms with Crippen molar-refractivity contribution in [3.63, 3.8) is 0 Å². The fourth-order valence-electron chi connectivity index (χ4n) is 4.05. The van der Waals surface area contributed by atoms with Crippen LogP contribution in [0.25, 0.3) is 0 Å². The van der Waals surface area contributed by atoms with E-state index in [0.29, 0.717) is 12.3 Å². The lowest BCUT2D eigenvalue weighted by atomic mass is 9.86. The van der Waals surface area contributed by atoms with E-state index >= 15 is 0 Å². The summed E-state index contributed by atoms with van der Waals surface area (Å²) in [5.41, 5.74) is 2.31. The summed E-state index contributed by atoms with van der Waals surface area (Å²) in [6, 6.07) is 20.3. The van der Waals surface area contributed by atoms with Crippen molar-refractivity contribution in [1.29, 1.82) is 0 Å². The Bertz CT molecular complexity index is 1220. The minimum absolute atomic E-state index is 0. The molecule has 3 aromatic rings. The van der Waals surface area contributed by atoms with E-state index in [4.69, 9.17) is 14.2 Å². The number of rotatable bonds is 14. The van der Waals surface area contributed by atoms with E-state index in [1.54, 1.807) is 14.2 Å². The molecule has 0 heterocycles. The van der Waals surface area contributed by atoms with E-state index in [9.17, 15) is 18.6 Å². The second-order valence-electron chi connectivity index (χ2n) is 9.16. The van der Waals surface area contributed by atoms with Crippen molar-refractivity contribution in [3.05, 3.63) is 77.9 Å². The number of hydrogen-bond acceptors (Lipinski definition) is 8. The Kier molecular flexibility index (Phi) is 12.2. The Morgan fingerprint density at radius 1 is 0.872 bits per heavy atom. The summed E-state index contributed by atoms with van der Waals surface area (Å²) >= 11 is 0. The van der Waals surface area contributed by atoms with E-state index in [-0.39, 0.29) is 42.4 Å². The predicted molar refractivity (Wildman–Crippen MR) is 155 cm³/mol. The molecule has 0 saturated carbocycles. The average molecular weight is 581 g/mol. The molecule has 1 unspecified atom stereocenters. The van der Waals surface area contributed by atoms with Crippen LogP contribution in [0.15, 0.2) is 66.7 Å². The Morgan fingerprint density at radius 3 is 1.87 bits per heavy atom. The van der Waals surface area contributed by atoms with Gasteiger partial charge in [-0.05, 0) is 60.9 Å². The zero-order valence-electron chi connectivity index (χ0n) is 22.5. The molecule has 0 amide bonds. The van der Waals surface area contributed by atoms with Gasteiger partial charge in [-0.3, -0.25) is 4.72 Å². The number of aliphatic hydroxyl groups excluding tert-OH is 1. The first kappa shape index (κ1) is 32.0. The molecule has 0 saturated heterocycles. The summed E-state index contributed by atoms with van der Waals surface area (Å²) in [5, 5.41) is 23.7. The summed E-state index contributed by atoms with van der Waals surface area (Å²) in [4.78, 5) is 0. The van der Waals surface area contributed by atoms with Crippen molar-refractivity contribution in [2.45, 2.75) is 31.4 Å². The van der Waals surface area contributed by atoms with Crippen LogP contribution in [0, 0.1) is 0 Å². The highest BCUT2D eigenvalue weighted by Crippen LogP contribution is 2.32. The van der Waals surface area contributed by atoms with Crippen LogP contribution < -0.4 is 24.2 Å². The smallest absolute Gasteiger partial charge is 0.229 e. The summed E-state index contributed by atoms with van der Waals surface area (Å²) in [6.45, 7) is 2.35. The maximum Gasteiger partial charge on any atom is 0.229 e. The van der Waals surface area contributed by atoms with Gasteiger partial charge in [0.1, 0.15) is 35.7 Å². The van der Waals surface area contributed by atoms with Gasteiger partial charge in [0.25, 0.3) is 0 Å². The van der Waals surface area contributed by atoms with Gasteiger partial charge in [-0.15, -0.1) is 12.4 Å². The molecule has 3 rings (SSSR count). The molecule has 0 spiro atoms. The first-order chi connectivity index (χ1) is 18.1. The van der Waals surface area contributed by atoms with Crippen molar-refractivity contribution >= 4 is 28.1 Å². The lowest BCUT2D eigenvalue weighted by Crippen LogP contribution is -2.37. The van der Waals surface area contributed by atoms with E-state index < -0.39 is 16.1 Å². The molecule has 0 aromatic heterocycles. The highest BCUT2D eigenvalue weighted by atomic mass is 35.5. The van der Waals surface area contributed by atoms with Gasteiger partial charge in [-0.25, -0.2) is 8.42 Å². The molecule has 11 heteroatoms. The van der Waals surface area contributed by atoms with E-state index in [0.717, 1.165) is 35.3 Å². The molecule has 2 atom stereocenters. The van der Waals surface area contributed by atoms with Gasteiger partial charge >= 0.3 is 0 Å². The third-order valence-corrected chi connectivity index (χ3v) is 6.62. The summed E-state index contributed by atoms with van der Waals surface area (Å²) in [5.74, 6) is 1.80. The van der Waals surface area contributed by atoms with Crippen LogP contribution >= 0.6 is 12.4 Å². The maximum absolute atomic E-state index is 11.5. The molecule has 0 aliphatic rings. The number of sulfonamides is 1. The van der Waals surface area contributed by atoms with Crippen LogP contribution in [-0.4, -0.2) is 64.4 Å². The van der Waals surface area contributed by atoms with Crippen molar-refractivity contribution in [2.75, 3.05) is 38.3 Å². The lowest BCUT2D eigenvalue weighted by Gasteiger charge is -2.24. The molecule has 3 aromatic carbocycles. The topological polar surface area (TPSA) is 126 Å². The van der Waals surface area contributed by atoms with Gasteiger partial charge in [0.05, 0.1) is 26.2 Å². The number of benzene rings is 3. The highest BCUT2D eigenvalue weighted by Gasteiger charge is 2.19. The van der Waals surface area contributed by atoms with E-state index in [1.807, 2.05) is 24.3 Å². The molecular formula is C28H37ClN2O7S. The monoisotopic (exact) mass is 580 g/mol. The van der Waals surface area contributed by atoms with Gasteiger partial charge < -0.3 is 29.7 Å². The molecule has 0 aliphatic heterocycles. The Hall–Kier alpha value is -3.18. The Labute approximate surface area is 236 Å². The number of aromatic hydroxyl groups is 1. The molecule has 9 nitrogen and oxygen atoms in total. The van der Waals surface area contributed by atoms with Gasteiger partial charge in [-0.2, -0.15) is 0 Å². The molecule has 214 valence electrons. The number of hydrogen-bond donors (Lipinski definition) is 4. The third kappa shape index (κ3) is 10.1. The largest absolute Gasteiger partial charge is 0.506 e. The number of ether oxygens (including phenoxy) is 3. The summed E-state index contributed by atoms with van der Waals surface area (Å²) < 4.78 is 41.4. The van der Waals surface area contributed by atoms with Gasteiger partial charge in [0, 0.05) is 24.6 Å². The van der Waals surface area contributed by atoms with Gasteiger partial charge in [0.2, 0.25) is 10.0 Å². The Morgan fingerprint density at radius 2 is 1.38 bits per heavy atom. The number of methoxy groups -OCH3 is 2. The summed E-state index contributed by atoms with van der Waals surface area (Å²) in [7, 11) is -0.275. The number of phenolic OH excluding ortho intramolecular Hbond substituents is 1. The first-order valence-corrected chi connectivity index (χ1v) is 14.1. The van der Waals surface area contributed by atoms with Crippen LogP contribution in [0.5, 0.6) is 23.0 Å². The second kappa shape index (κ2) is 14.8. The molecule has 0 bridgehead atoms. The van der Waals surface area contributed by atoms with Crippen molar-refractivity contribution in [2.24, 2.45) is 0 Å². The van der Waals surface area contributed by atoms with Crippen molar-refractivity contribution in [3.8, 4) is 23.0 Å². The molecule has 0 fully saturated rings. The normalized spacial score (nSPS) is 12.8. The molecule has 39 heavy (non-hydrogen) atoms. The van der Waals surface area contributed by atoms with Crippen LogP contribution in [0.3, 0.4) is 0 Å². The minimum Gasteiger partial charge on any atom is -0.506 e. The second-order valence-corrected chi connectivity index (χ2v) is 10.9. The van der Waals surface area contributed by atoms with E-state index in [2.05, 4.69) is 41.2 Å².